The lowest BCUT2D eigenvalue weighted by Gasteiger charge is -2.45. The van der Waals surface area contributed by atoms with Gasteiger partial charge >= 0.3 is 0 Å². The van der Waals surface area contributed by atoms with Crippen LogP contribution in [-0.2, 0) is 21.9 Å². The minimum atomic E-state index is -3.90. The molecule has 0 saturated heterocycles. The number of benzene rings is 2. The van der Waals surface area contributed by atoms with Crippen LogP contribution in [0.2, 0.25) is 5.02 Å². The highest BCUT2D eigenvalue weighted by atomic mass is 35.5. The van der Waals surface area contributed by atoms with Crippen molar-refractivity contribution in [1.29, 1.82) is 0 Å². The molecule has 0 aromatic heterocycles. The highest BCUT2D eigenvalue weighted by Crippen LogP contribution is 2.46. The van der Waals surface area contributed by atoms with Crippen molar-refractivity contribution >= 4 is 33.2 Å². The molecular formula is C30H35ClN2O5S. The SMILES string of the molecule is C[C@H]1C/C=C/[C@H](O)[C@@H]2CC[C@H]2CN2C[C@@]3(CCCc4cc(Cl)ccc43)COc3ccc(cc32)C(=O)NS1(=O)=O. The number of nitrogens with zero attached hydrogens (tertiary/aromatic N) is 1. The van der Waals surface area contributed by atoms with Crippen molar-refractivity contribution < 1.29 is 23.1 Å². The number of nitrogens with one attached hydrogen (secondary N) is 1. The fraction of sp³-hybridized carbons (Fsp3) is 0.500. The lowest BCUT2D eigenvalue weighted by atomic mass is 9.68. The highest BCUT2D eigenvalue weighted by molar-refractivity contribution is 7.90. The van der Waals surface area contributed by atoms with E-state index in [4.69, 9.17) is 16.3 Å². The van der Waals surface area contributed by atoms with E-state index >= 15 is 0 Å². The molecule has 2 N–H and O–H groups in total. The Labute approximate surface area is 235 Å². The van der Waals surface area contributed by atoms with E-state index in [1.807, 2.05) is 6.07 Å². The van der Waals surface area contributed by atoms with Gasteiger partial charge in [-0.25, -0.2) is 13.1 Å². The van der Waals surface area contributed by atoms with Gasteiger partial charge in [0.25, 0.3) is 5.91 Å². The summed E-state index contributed by atoms with van der Waals surface area (Å²) in [5.41, 5.74) is 3.33. The molecule has 1 spiro atoms. The van der Waals surface area contributed by atoms with Crippen LogP contribution in [0.5, 0.6) is 5.75 Å². The topological polar surface area (TPSA) is 95.9 Å². The lowest BCUT2D eigenvalue weighted by Crippen LogP contribution is -2.49. The van der Waals surface area contributed by atoms with Crippen LogP contribution >= 0.6 is 11.6 Å². The van der Waals surface area contributed by atoms with Crippen molar-refractivity contribution in [2.24, 2.45) is 11.8 Å². The molecule has 2 aromatic rings. The van der Waals surface area contributed by atoms with E-state index in [1.165, 1.54) is 11.1 Å². The number of carbonyl (C=O) groups is 1. The minimum Gasteiger partial charge on any atom is -0.490 e. The molecular weight excluding hydrogens is 536 g/mol. The van der Waals surface area contributed by atoms with Crippen LogP contribution in [0.3, 0.4) is 0 Å². The van der Waals surface area contributed by atoms with Gasteiger partial charge in [-0.1, -0.05) is 29.8 Å². The predicted octanol–water partition coefficient (Wildman–Crippen LogP) is 4.61. The number of rotatable bonds is 0. The van der Waals surface area contributed by atoms with Gasteiger partial charge in [0.1, 0.15) is 5.75 Å². The Balaban J connectivity index is 1.43. The molecule has 0 unspecified atom stereocenters. The van der Waals surface area contributed by atoms with Crippen LogP contribution < -0.4 is 14.4 Å². The van der Waals surface area contributed by atoms with E-state index in [1.54, 1.807) is 37.3 Å². The number of halogens is 1. The van der Waals surface area contributed by atoms with Crippen molar-refractivity contribution in [2.75, 3.05) is 24.6 Å². The summed E-state index contributed by atoms with van der Waals surface area (Å²) < 4.78 is 34.5. The number of hydrogen-bond donors (Lipinski definition) is 2. The average molecular weight is 571 g/mol. The Morgan fingerprint density at radius 3 is 2.82 bits per heavy atom. The van der Waals surface area contributed by atoms with E-state index in [-0.39, 0.29) is 29.2 Å². The molecule has 2 aliphatic heterocycles. The molecule has 6 rings (SSSR count). The van der Waals surface area contributed by atoms with Crippen LogP contribution in [0, 0.1) is 11.8 Å². The molecule has 5 atom stereocenters. The van der Waals surface area contributed by atoms with Crippen molar-refractivity contribution in [3.8, 4) is 5.75 Å². The van der Waals surface area contributed by atoms with E-state index in [0.29, 0.717) is 18.9 Å². The number of aliphatic hydroxyl groups excluding tert-OH is 1. The molecule has 1 amide bonds. The van der Waals surface area contributed by atoms with E-state index < -0.39 is 27.3 Å². The molecule has 2 aliphatic carbocycles. The Hall–Kier alpha value is -2.55. The zero-order valence-corrected chi connectivity index (χ0v) is 23.7. The summed E-state index contributed by atoms with van der Waals surface area (Å²) in [6.07, 6.45) is 7.93. The molecule has 7 nitrogen and oxygen atoms in total. The Morgan fingerprint density at radius 2 is 2.03 bits per heavy atom. The standard InChI is InChI=1S/C30H35ClN2O5S/c1-19-4-2-6-27(34)24-10-7-22(24)16-33-17-30(13-3-5-20-14-23(31)9-11-25(20)30)18-38-28-12-8-21(15-26(28)33)29(35)32-39(19,36)37/h2,6,8-9,11-12,14-15,19,22,24,27,34H,3-5,7,10,13,16-18H2,1H3,(H,32,35)/b6-2+/t19-,22-,24+,27-,30-/m0/s1. The zero-order valence-electron chi connectivity index (χ0n) is 22.1. The molecule has 39 heavy (non-hydrogen) atoms. The van der Waals surface area contributed by atoms with E-state index in [2.05, 4.69) is 21.8 Å². The number of anilines is 1. The summed E-state index contributed by atoms with van der Waals surface area (Å²) in [4.78, 5) is 15.4. The number of allylic oxidation sites excluding steroid dienone is 1. The van der Waals surface area contributed by atoms with Gasteiger partial charge in [-0.15, -0.1) is 0 Å². The maximum absolute atomic E-state index is 13.1. The summed E-state index contributed by atoms with van der Waals surface area (Å²) in [6.45, 7) is 3.49. The second-order valence-corrected chi connectivity index (χ2v) is 14.3. The molecule has 1 fully saturated rings. The number of aryl methyl sites for hydroxylation is 1. The Bertz CT molecular complexity index is 1430. The van der Waals surface area contributed by atoms with Gasteiger partial charge in [-0.05, 0) is 98.7 Å². The summed E-state index contributed by atoms with van der Waals surface area (Å²) >= 11 is 6.36. The first-order valence-electron chi connectivity index (χ1n) is 13.9. The van der Waals surface area contributed by atoms with Crippen molar-refractivity contribution in [3.63, 3.8) is 0 Å². The van der Waals surface area contributed by atoms with Crippen LogP contribution in [0.15, 0.2) is 48.6 Å². The van der Waals surface area contributed by atoms with Gasteiger partial charge in [0, 0.05) is 29.1 Å². The van der Waals surface area contributed by atoms with Gasteiger partial charge in [0.2, 0.25) is 10.0 Å². The first kappa shape index (κ1) is 26.7. The Kier molecular flexibility index (Phi) is 6.92. The fourth-order valence-corrected chi connectivity index (χ4v) is 7.91. The third-order valence-electron chi connectivity index (χ3n) is 9.24. The number of carbonyl (C=O) groups excluding carboxylic acids is 1. The molecule has 208 valence electrons. The maximum atomic E-state index is 13.1. The van der Waals surface area contributed by atoms with Gasteiger partial charge in [0.15, 0.2) is 0 Å². The van der Waals surface area contributed by atoms with Crippen LogP contribution in [-0.4, -0.2) is 50.5 Å². The quantitative estimate of drug-likeness (QED) is 0.449. The van der Waals surface area contributed by atoms with E-state index in [9.17, 15) is 18.3 Å². The number of aliphatic hydroxyl groups is 1. The molecule has 4 aliphatic rings. The summed E-state index contributed by atoms with van der Waals surface area (Å²) in [7, 11) is -3.90. The largest absolute Gasteiger partial charge is 0.490 e. The predicted molar refractivity (Wildman–Crippen MR) is 152 cm³/mol. The number of sulfonamides is 1. The first-order chi connectivity index (χ1) is 18.6. The van der Waals surface area contributed by atoms with Crippen LogP contribution in [0.1, 0.15) is 60.5 Å². The molecule has 9 heteroatoms. The minimum absolute atomic E-state index is 0.0993. The van der Waals surface area contributed by atoms with Crippen LogP contribution in [0.4, 0.5) is 5.69 Å². The lowest BCUT2D eigenvalue weighted by molar-refractivity contribution is 0.0456. The molecule has 0 radical (unpaired) electrons. The van der Waals surface area contributed by atoms with Gasteiger partial charge in [0.05, 0.1) is 23.6 Å². The highest BCUT2D eigenvalue weighted by Gasteiger charge is 2.44. The monoisotopic (exact) mass is 570 g/mol. The first-order valence-corrected chi connectivity index (χ1v) is 15.8. The van der Waals surface area contributed by atoms with Gasteiger partial charge in [-0.3, -0.25) is 4.79 Å². The van der Waals surface area contributed by atoms with E-state index in [0.717, 1.165) is 49.4 Å². The molecule has 2 heterocycles. The average Bonchev–Trinajstić information content (AvgIpc) is 3.02. The maximum Gasteiger partial charge on any atom is 0.264 e. The third kappa shape index (κ3) is 4.96. The second-order valence-electron chi connectivity index (χ2n) is 11.7. The number of hydrogen-bond acceptors (Lipinski definition) is 6. The van der Waals surface area contributed by atoms with Crippen molar-refractivity contribution in [1.82, 2.24) is 4.72 Å². The summed E-state index contributed by atoms with van der Waals surface area (Å²) in [5, 5.41) is 10.9. The van der Waals surface area contributed by atoms with Gasteiger partial charge < -0.3 is 14.7 Å². The summed E-state index contributed by atoms with van der Waals surface area (Å²) in [6, 6.07) is 11.3. The fourth-order valence-electron chi connectivity index (χ4n) is 6.78. The molecule has 2 aromatic carbocycles. The third-order valence-corrected chi connectivity index (χ3v) is 11.2. The number of ether oxygens (including phenoxy) is 1. The van der Waals surface area contributed by atoms with Crippen LogP contribution in [0.25, 0.3) is 0 Å². The number of fused-ring (bicyclic) bond motifs is 4. The van der Waals surface area contributed by atoms with Gasteiger partial charge in [-0.2, -0.15) is 0 Å². The molecule has 2 bridgehead atoms. The normalized spacial score (nSPS) is 32.7. The van der Waals surface area contributed by atoms with Crippen molar-refractivity contribution in [2.45, 2.75) is 62.2 Å². The summed E-state index contributed by atoms with van der Waals surface area (Å²) in [5.74, 6) is 0.398. The smallest absolute Gasteiger partial charge is 0.264 e. The Morgan fingerprint density at radius 1 is 1.18 bits per heavy atom. The van der Waals surface area contributed by atoms with Crippen molar-refractivity contribution in [3.05, 3.63) is 70.3 Å². The second kappa shape index (κ2) is 10.1. The molecule has 1 saturated carbocycles. The zero-order chi connectivity index (χ0) is 27.4. The number of amides is 1.